The summed E-state index contributed by atoms with van der Waals surface area (Å²) < 4.78 is 16.6. The highest BCUT2D eigenvalue weighted by molar-refractivity contribution is 6.61. The van der Waals surface area contributed by atoms with Crippen LogP contribution < -0.4 is 0 Å². The molecule has 0 heterocycles. The summed E-state index contributed by atoms with van der Waals surface area (Å²) in [5.41, 5.74) is -2.63. The lowest BCUT2D eigenvalue weighted by Gasteiger charge is -2.61. The van der Waals surface area contributed by atoms with Crippen molar-refractivity contribution in [1.29, 1.82) is 0 Å². The van der Waals surface area contributed by atoms with Crippen molar-refractivity contribution >= 4 is 40.5 Å². The Hall–Kier alpha value is -2.22. The van der Waals surface area contributed by atoms with Crippen LogP contribution in [0.2, 0.25) is 0 Å². The number of ketones is 2. The highest BCUT2D eigenvalue weighted by Crippen LogP contribution is 2.68. The van der Waals surface area contributed by atoms with E-state index in [1.165, 1.54) is 13.8 Å². The minimum atomic E-state index is -1.52. The Labute approximate surface area is 210 Å². The van der Waals surface area contributed by atoms with Crippen LogP contribution in [0.3, 0.4) is 0 Å². The van der Waals surface area contributed by atoms with Crippen molar-refractivity contribution in [1.82, 2.24) is 0 Å². The van der Waals surface area contributed by atoms with E-state index < -0.39 is 46.9 Å². The fraction of sp³-hybridized carbons (Fsp3) is 0.731. The summed E-state index contributed by atoms with van der Waals surface area (Å²) in [7, 11) is 0. The van der Waals surface area contributed by atoms with Crippen LogP contribution in [-0.2, 0) is 33.4 Å². The van der Waals surface area contributed by atoms with E-state index in [-0.39, 0.29) is 29.0 Å². The second kappa shape index (κ2) is 9.02. The summed E-state index contributed by atoms with van der Waals surface area (Å²) in [6, 6.07) is 0. The van der Waals surface area contributed by atoms with E-state index in [4.69, 9.17) is 25.8 Å². The first kappa shape index (κ1) is 25.9. The number of carbonyl (C=O) groups is 5. The Kier molecular flexibility index (Phi) is 6.66. The van der Waals surface area contributed by atoms with Gasteiger partial charge in [0.2, 0.25) is 5.78 Å². The fourth-order valence-electron chi connectivity index (χ4n) is 8.13. The third-order valence-corrected chi connectivity index (χ3v) is 9.51. The number of ether oxygens (including phenoxy) is 3. The summed E-state index contributed by atoms with van der Waals surface area (Å²) in [5.74, 6) is -1.29. The van der Waals surface area contributed by atoms with Crippen LogP contribution in [0.5, 0.6) is 0 Å². The second-order valence-electron chi connectivity index (χ2n) is 11.1. The summed E-state index contributed by atoms with van der Waals surface area (Å²) in [6.45, 7) is 6.12. The van der Waals surface area contributed by atoms with E-state index in [9.17, 15) is 24.0 Å². The van der Waals surface area contributed by atoms with E-state index in [1.807, 2.05) is 6.92 Å². The number of fused-ring (bicyclic) bond motifs is 5. The zero-order valence-corrected chi connectivity index (χ0v) is 21.4. The SMILES string of the molecule is CC(=O)O[C@H]1C[C@@]2(C)[C@@H](CC[C@]2(OC(C)=O)C(=O)COC(=O)Cl)[C@@H]2CCC3=CC(=O)CC[C@]3(C)[C@H]21. The number of allylic oxidation sites excluding steroid dienone is 1. The van der Waals surface area contributed by atoms with Crippen LogP contribution >= 0.6 is 11.6 Å². The van der Waals surface area contributed by atoms with Crippen molar-refractivity contribution in [3.05, 3.63) is 11.6 Å². The Balaban J connectivity index is 1.79. The molecule has 4 rings (SSSR count). The van der Waals surface area contributed by atoms with Gasteiger partial charge in [-0.2, -0.15) is 0 Å². The first-order valence-electron chi connectivity index (χ1n) is 12.3. The first-order chi connectivity index (χ1) is 16.3. The van der Waals surface area contributed by atoms with Crippen LogP contribution in [0.15, 0.2) is 11.6 Å². The second-order valence-corrected chi connectivity index (χ2v) is 11.4. The Morgan fingerprint density at radius 2 is 1.77 bits per heavy atom. The van der Waals surface area contributed by atoms with Crippen molar-refractivity contribution in [2.24, 2.45) is 28.6 Å². The summed E-state index contributed by atoms with van der Waals surface area (Å²) in [6.07, 6.45) is 5.23. The number of rotatable bonds is 5. The van der Waals surface area contributed by atoms with Crippen molar-refractivity contribution in [3.8, 4) is 0 Å². The van der Waals surface area contributed by atoms with E-state index in [0.29, 0.717) is 32.1 Å². The van der Waals surface area contributed by atoms with Gasteiger partial charge in [0.25, 0.3) is 0 Å². The smallest absolute Gasteiger partial charge is 0.404 e. The zero-order valence-electron chi connectivity index (χ0n) is 20.7. The molecule has 0 radical (unpaired) electrons. The molecule has 192 valence electrons. The third kappa shape index (κ3) is 4.11. The van der Waals surface area contributed by atoms with Gasteiger partial charge >= 0.3 is 17.4 Å². The molecule has 4 aliphatic rings. The molecule has 0 bridgehead atoms. The minimum Gasteiger partial charge on any atom is -0.462 e. The predicted octanol–water partition coefficient (Wildman–Crippen LogP) is 4.31. The minimum absolute atomic E-state index is 0.0125. The lowest BCUT2D eigenvalue weighted by Crippen LogP contribution is -2.63. The maximum Gasteiger partial charge on any atom is 0.404 e. The summed E-state index contributed by atoms with van der Waals surface area (Å²) >= 11 is 5.31. The largest absolute Gasteiger partial charge is 0.462 e. The molecule has 0 aliphatic heterocycles. The molecule has 4 aliphatic carbocycles. The molecule has 0 amide bonds. The molecule has 35 heavy (non-hydrogen) atoms. The number of hydrogen-bond donors (Lipinski definition) is 0. The van der Waals surface area contributed by atoms with Gasteiger partial charge in [-0.3, -0.25) is 19.2 Å². The van der Waals surface area contributed by atoms with Crippen molar-refractivity contribution in [2.75, 3.05) is 6.61 Å². The molecule has 3 fully saturated rings. The quantitative estimate of drug-likeness (QED) is 0.307. The molecule has 8 nitrogen and oxygen atoms in total. The molecule has 0 unspecified atom stereocenters. The fourth-order valence-corrected chi connectivity index (χ4v) is 8.18. The number of hydrogen-bond acceptors (Lipinski definition) is 8. The van der Waals surface area contributed by atoms with E-state index in [0.717, 1.165) is 18.4 Å². The van der Waals surface area contributed by atoms with Gasteiger partial charge in [0.15, 0.2) is 18.0 Å². The van der Waals surface area contributed by atoms with E-state index >= 15 is 0 Å². The normalized spacial score (nSPS) is 39.9. The van der Waals surface area contributed by atoms with E-state index in [1.54, 1.807) is 6.08 Å². The van der Waals surface area contributed by atoms with Crippen molar-refractivity contribution < 1.29 is 38.2 Å². The molecular formula is C26H33ClO8. The predicted molar refractivity (Wildman–Crippen MR) is 124 cm³/mol. The lowest BCUT2D eigenvalue weighted by molar-refractivity contribution is -0.207. The molecular weight excluding hydrogens is 476 g/mol. The maximum atomic E-state index is 13.5. The summed E-state index contributed by atoms with van der Waals surface area (Å²) in [5, 5.41) is 0. The Bertz CT molecular complexity index is 1000. The molecule has 0 aromatic heterocycles. The molecule has 0 saturated heterocycles. The summed E-state index contributed by atoms with van der Waals surface area (Å²) in [4.78, 5) is 61.4. The van der Waals surface area contributed by atoms with Gasteiger partial charge in [0.1, 0.15) is 6.10 Å². The molecule has 0 aromatic rings. The molecule has 0 spiro atoms. The zero-order chi connectivity index (χ0) is 25.8. The molecule has 9 heteroatoms. The monoisotopic (exact) mass is 508 g/mol. The first-order valence-corrected chi connectivity index (χ1v) is 12.7. The highest BCUT2D eigenvalue weighted by Gasteiger charge is 2.71. The topological polar surface area (TPSA) is 113 Å². The van der Waals surface area contributed by atoms with Crippen molar-refractivity contribution in [2.45, 2.75) is 84.3 Å². The molecule has 7 atom stereocenters. The lowest BCUT2D eigenvalue weighted by atomic mass is 9.45. The van der Waals surface area contributed by atoms with E-state index in [2.05, 4.69) is 6.92 Å². The average molecular weight is 509 g/mol. The van der Waals surface area contributed by atoms with Crippen LogP contribution in [0.4, 0.5) is 4.79 Å². The van der Waals surface area contributed by atoms with Crippen LogP contribution in [0, 0.1) is 28.6 Å². The molecule has 3 saturated carbocycles. The van der Waals surface area contributed by atoms with Crippen molar-refractivity contribution in [3.63, 3.8) is 0 Å². The average Bonchev–Trinajstić information content (AvgIpc) is 3.04. The maximum absolute atomic E-state index is 13.5. The molecule has 0 N–H and O–H groups in total. The van der Waals surface area contributed by atoms with Gasteiger partial charge in [0.05, 0.1) is 0 Å². The number of esters is 2. The van der Waals surface area contributed by atoms with Gasteiger partial charge in [0, 0.05) is 43.2 Å². The highest BCUT2D eigenvalue weighted by atomic mass is 35.5. The van der Waals surface area contributed by atoms with Gasteiger partial charge in [-0.25, -0.2) is 4.79 Å². The van der Waals surface area contributed by atoms with Gasteiger partial charge < -0.3 is 14.2 Å². The number of carbonyl (C=O) groups excluding carboxylic acids is 5. The number of Topliss-reactive ketones (excluding diaryl/α,β-unsaturated/α-hetero) is 1. The molecule has 0 aromatic carbocycles. The number of halogens is 1. The van der Waals surface area contributed by atoms with Crippen LogP contribution in [-0.4, -0.2) is 47.2 Å². The van der Waals surface area contributed by atoms with Crippen LogP contribution in [0.1, 0.15) is 72.6 Å². The van der Waals surface area contributed by atoms with Gasteiger partial charge in [-0.1, -0.05) is 19.4 Å². The van der Waals surface area contributed by atoms with Gasteiger partial charge in [-0.15, -0.1) is 0 Å². The standard InChI is InChI=1S/C26H33ClO8/c1-14(28)34-20-12-25(4)19(8-10-26(25,35-15(2)29)21(31)13-33-23(27)32)18-6-5-16-11-17(30)7-9-24(16,3)22(18)20/h11,18-20,22H,5-10,12-13H2,1-4H3/t18-,19-,20-,22+,24-,25-,26-/m0/s1. The Morgan fingerprint density at radius 3 is 2.40 bits per heavy atom. The third-order valence-electron chi connectivity index (χ3n) is 9.40. The Morgan fingerprint density at radius 1 is 1.06 bits per heavy atom. The van der Waals surface area contributed by atoms with Gasteiger partial charge in [-0.05, 0) is 61.9 Å². The van der Waals surface area contributed by atoms with Crippen LogP contribution in [0.25, 0.3) is 0 Å².